The number of rotatable bonds is 5. The minimum atomic E-state index is -6.02. The van der Waals surface area contributed by atoms with Crippen molar-refractivity contribution >= 4 is 16.1 Å². The van der Waals surface area contributed by atoms with Gasteiger partial charge in [-0.1, -0.05) is 0 Å². The van der Waals surface area contributed by atoms with E-state index >= 15 is 0 Å². The molecule has 2 fully saturated rings. The quantitative estimate of drug-likeness (QED) is 0.439. The maximum atomic E-state index is 12.5. The summed E-state index contributed by atoms with van der Waals surface area (Å²) in [6.45, 7) is 0. The van der Waals surface area contributed by atoms with E-state index in [9.17, 15) is 31.2 Å². The molecule has 0 unspecified atom stereocenters. The Morgan fingerprint density at radius 2 is 1.96 bits per heavy atom. The zero-order valence-electron chi connectivity index (χ0n) is 12.9. The number of esters is 1. The van der Waals surface area contributed by atoms with Gasteiger partial charge in [0.1, 0.15) is 5.56 Å². The van der Waals surface area contributed by atoms with Crippen LogP contribution in [0.15, 0.2) is 17.1 Å². The van der Waals surface area contributed by atoms with Crippen molar-refractivity contribution in [2.75, 3.05) is 7.11 Å². The molecule has 25 heavy (non-hydrogen) atoms. The summed E-state index contributed by atoms with van der Waals surface area (Å²) < 4.78 is 69.4. The van der Waals surface area contributed by atoms with Crippen LogP contribution in [0.3, 0.4) is 0 Å². The van der Waals surface area contributed by atoms with Gasteiger partial charge in [-0.05, 0) is 31.1 Å². The zero-order valence-corrected chi connectivity index (χ0v) is 13.8. The zero-order chi connectivity index (χ0) is 18.6. The number of nitrogens with zero attached hydrogens (tertiary/aromatic N) is 1. The molecule has 7 nitrogen and oxygen atoms in total. The van der Waals surface area contributed by atoms with E-state index in [2.05, 4.69) is 8.92 Å². The standard InChI is InChI=1S/C14H14F3NO6S/c1-23-13(20)9-6-18(10-4-8(10)7-2-3-7)12(19)5-11(9)24-25(21,22)14(15,16)17/h5-8,10H,2-4H2,1H3/t8-,10+/m1/s1. The number of alkyl halides is 3. The second-order valence-electron chi connectivity index (χ2n) is 6.08. The summed E-state index contributed by atoms with van der Waals surface area (Å²) in [6, 6.07) is 0.411. The molecule has 0 aliphatic heterocycles. The normalized spacial score (nSPS) is 23.2. The van der Waals surface area contributed by atoms with Crippen LogP contribution in [0.2, 0.25) is 0 Å². The predicted molar refractivity (Wildman–Crippen MR) is 77.5 cm³/mol. The molecule has 2 aliphatic carbocycles. The van der Waals surface area contributed by atoms with Gasteiger partial charge in [0.05, 0.1) is 7.11 Å². The summed E-state index contributed by atoms with van der Waals surface area (Å²) >= 11 is 0. The molecule has 2 saturated carbocycles. The van der Waals surface area contributed by atoms with Gasteiger partial charge in [0.15, 0.2) is 5.75 Å². The summed E-state index contributed by atoms with van der Waals surface area (Å²) in [6.07, 6.45) is 3.85. The Morgan fingerprint density at radius 3 is 2.48 bits per heavy atom. The molecule has 0 aromatic carbocycles. The van der Waals surface area contributed by atoms with E-state index in [0.717, 1.165) is 32.6 Å². The SMILES string of the molecule is COC(=O)c1cn([C@H]2C[C@@H]2C2CC2)c(=O)cc1OS(=O)(=O)C(F)(F)F. The molecule has 0 spiro atoms. The van der Waals surface area contributed by atoms with E-state index in [1.807, 2.05) is 0 Å². The lowest BCUT2D eigenvalue weighted by atomic mass is 10.2. The minimum Gasteiger partial charge on any atom is -0.465 e. The maximum absolute atomic E-state index is 12.5. The number of ether oxygens (including phenoxy) is 1. The summed E-state index contributed by atoms with van der Waals surface area (Å²) in [5.41, 5.74) is -6.99. The smallest absolute Gasteiger partial charge is 0.465 e. The van der Waals surface area contributed by atoms with Crippen molar-refractivity contribution < 1.29 is 35.3 Å². The van der Waals surface area contributed by atoms with Crippen molar-refractivity contribution in [3.63, 3.8) is 0 Å². The van der Waals surface area contributed by atoms with Crippen LogP contribution >= 0.6 is 0 Å². The molecule has 0 amide bonds. The molecule has 0 saturated heterocycles. The molecule has 2 atom stereocenters. The van der Waals surface area contributed by atoms with Crippen LogP contribution in [0, 0.1) is 11.8 Å². The first-order chi connectivity index (χ1) is 11.5. The van der Waals surface area contributed by atoms with Gasteiger partial charge in [-0.25, -0.2) is 4.79 Å². The van der Waals surface area contributed by atoms with Crippen LogP contribution in [0.5, 0.6) is 5.75 Å². The number of carbonyl (C=O) groups excluding carboxylic acids is 1. The largest absolute Gasteiger partial charge is 0.534 e. The molecule has 138 valence electrons. The van der Waals surface area contributed by atoms with Crippen molar-refractivity contribution in [2.45, 2.75) is 30.8 Å². The molecular formula is C14H14F3NO6S. The van der Waals surface area contributed by atoms with E-state index in [-0.39, 0.29) is 12.0 Å². The van der Waals surface area contributed by atoms with Crippen LogP contribution in [0.25, 0.3) is 0 Å². The molecule has 0 bridgehead atoms. The summed E-state index contributed by atoms with van der Waals surface area (Å²) in [7, 11) is -5.04. The van der Waals surface area contributed by atoms with Crippen molar-refractivity contribution in [3.8, 4) is 5.75 Å². The van der Waals surface area contributed by atoms with E-state index < -0.39 is 38.5 Å². The summed E-state index contributed by atoms with van der Waals surface area (Å²) in [5, 5.41) is 0. The summed E-state index contributed by atoms with van der Waals surface area (Å²) in [5.74, 6) is -1.31. The van der Waals surface area contributed by atoms with E-state index in [0.29, 0.717) is 12.0 Å². The fraction of sp³-hybridized carbons (Fsp3) is 0.571. The lowest BCUT2D eigenvalue weighted by Gasteiger charge is -2.14. The predicted octanol–water partition coefficient (Wildman–Crippen LogP) is 1.83. The van der Waals surface area contributed by atoms with Gasteiger partial charge in [0.25, 0.3) is 5.56 Å². The molecule has 2 aliphatic rings. The number of carbonyl (C=O) groups is 1. The highest BCUT2D eigenvalue weighted by Crippen LogP contribution is 2.56. The van der Waals surface area contributed by atoms with Crippen LogP contribution in [-0.2, 0) is 14.9 Å². The van der Waals surface area contributed by atoms with Crippen LogP contribution < -0.4 is 9.74 Å². The number of hydrogen-bond acceptors (Lipinski definition) is 6. The lowest BCUT2D eigenvalue weighted by molar-refractivity contribution is -0.0500. The third-order valence-corrected chi connectivity index (χ3v) is 5.29. The molecule has 0 N–H and O–H groups in total. The molecular weight excluding hydrogens is 367 g/mol. The van der Waals surface area contributed by atoms with Crippen LogP contribution in [0.1, 0.15) is 35.7 Å². The highest BCUT2D eigenvalue weighted by atomic mass is 32.2. The van der Waals surface area contributed by atoms with Crippen molar-refractivity contribution in [1.29, 1.82) is 0 Å². The third-order valence-electron chi connectivity index (χ3n) is 4.32. The van der Waals surface area contributed by atoms with Crippen LogP contribution in [0.4, 0.5) is 13.2 Å². The monoisotopic (exact) mass is 381 g/mol. The Kier molecular flexibility index (Phi) is 4.09. The fourth-order valence-corrected chi connectivity index (χ4v) is 3.31. The first kappa shape index (κ1) is 17.8. The Labute approximate surface area is 140 Å². The fourth-order valence-electron chi connectivity index (χ4n) is 2.84. The van der Waals surface area contributed by atoms with Gasteiger partial charge in [-0.15, -0.1) is 0 Å². The second kappa shape index (κ2) is 5.75. The van der Waals surface area contributed by atoms with E-state index in [1.54, 1.807) is 0 Å². The average Bonchev–Trinajstić information content (AvgIpc) is 3.36. The first-order valence-corrected chi connectivity index (χ1v) is 8.81. The molecule has 11 heteroatoms. The third kappa shape index (κ3) is 3.37. The van der Waals surface area contributed by atoms with Gasteiger partial charge in [-0.2, -0.15) is 21.6 Å². The highest BCUT2D eigenvalue weighted by Gasteiger charge is 2.50. The van der Waals surface area contributed by atoms with Crippen LogP contribution in [-0.4, -0.2) is 31.6 Å². The molecule has 1 heterocycles. The number of hydrogen-bond donors (Lipinski definition) is 0. The molecule has 1 aromatic heterocycles. The molecule has 1 aromatic rings. The van der Waals surface area contributed by atoms with Gasteiger partial charge < -0.3 is 13.5 Å². The number of methoxy groups -OCH3 is 1. The van der Waals surface area contributed by atoms with Gasteiger partial charge in [0.2, 0.25) is 0 Å². The van der Waals surface area contributed by atoms with Gasteiger partial charge in [0, 0.05) is 18.3 Å². The number of halogens is 3. The van der Waals surface area contributed by atoms with Crippen molar-refractivity contribution in [2.24, 2.45) is 11.8 Å². The van der Waals surface area contributed by atoms with Gasteiger partial charge >= 0.3 is 21.6 Å². The van der Waals surface area contributed by atoms with E-state index in [4.69, 9.17) is 0 Å². The molecule has 0 radical (unpaired) electrons. The molecule has 3 rings (SSSR count). The number of pyridine rings is 1. The Morgan fingerprint density at radius 1 is 1.32 bits per heavy atom. The first-order valence-electron chi connectivity index (χ1n) is 7.40. The highest BCUT2D eigenvalue weighted by molar-refractivity contribution is 7.88. The van der Waals surface area contributed by atoms with Gasteiger partial charge in [-0.3, -0.25) is 4.79 Å². The lowest BCUT2D eigenvalue weighted by Crippen LogP contribution is -2.30. The average molecular weight is 381 g/mol. The Hall–Kier alpha value is -2.04. The minimum absolute atomic E-state index is 0.156. The topological polar surface area (TPSA) is 91.7 Å². The second-order valence-corrected chi connectivity index (χ2v) is 7.61. The summed E-state index contributed by atoms with van der Waals surface area (Å²) in [4.78, 5) is 24.0. The Balaban J connectivity index is 1.99. The number of aromatic nitrogens is 1. The van der Waals surface area contributed by atoms with E-state index in [1.165, 1.54) is 4.57 Å². The maximum Gasteiger partial charge on any atom is 0.534 e. The Bertz CT molecular complexity index is 872. The van der Waals surface area contributed by atoms with Crippen molar-refractivity contribution in [1.82, 2.24) is 4.57 Å². The van der Waals surface area contributed by atoms with Crippen molar-refractivity contribution in [3.05, 3.63) is 28.2 Å².